The molecule has 5 aromatic rings. The molecular weight excluding hydrogens is 604 g/mol. The number of aromatic nitrogens is 4. The highest BCUT2D eigenvalue weighted by atomic mass is 16.5. The summed E-state index contributed by atoms with van der Waals surface area (Å²) in [6, 6.07) is 24.3. The molecule has 0 amide bonds. The topological polar surface area (TPSA) is 95.0 Å². The van der Waals surface area contributed by atoms with E-state index in [1.54, 1.807) is 28.4 Å². The van der Waals surface area contributed by atoms with Crippen LogP contribution in [0.5, 0.6) is 23.0 Å². The zero-order chi connectivity index (χ0) is 33.0. The highest BCUT2D eigenvalue weighted by molar-refractivity contribution is 5.77. The molecule has 0 bridgehead atoms. The van der Waals surface area contributed by atoms with Crippen LogP contribution in [0.4, 0.5) is 11.9 Å². The molecule has 0 spiro atoms. The van der Waals surface area contributed by atoms with Gasteiger partial charge in [0.25, 0.3) is 0 Å². The molecule has 2 aliphatic heterocycles. The van der Waals surface area contributed by atoms with Gasteiger partial charge in [0, 0.05) is 48.4 Å². The average molecular weight is 645 g/mol. The zero-order valence-corrected chi connectivity index (χ0v) is 27.9. The second-order valence-electron chi connectivity index (χ2n) is 12.0. The second kappa shape index (κ2) is 13.8. The molecule has 2 aliphatic rings. The fraction of sp³-hybridized carbons (Fsp3) is 0.316. The lowest BCUT2D eigenvalue weighted by Crippen LogP contribution is -2.21. The number of hydrogen-bond acceptors (Lipinski definition) is 10. The van der Waals surface area contributed by atoms with E-state index in [9.17, 15) is 0 Å². The molecule has 4 heterocycles. The highest BCUT2D eigenvalue weighted by Crippen LogP contribution is 2.37. The fourth-order valence-electron chi connectivity index (χ4n) is 6.41. The minimum Gasteiger partial charge on any atom is -0.493 e. The van der Waals surface area contributed by atoms with Gasteiger partial charge < -0.3 is 28.7 Å². The van der Waals surface area contributed by atoms with Gasteiger partial charge in [-0.15, -0.1) is 0 Å². The third-order valence-corrected chi connectivity index (χ3v) is 9.02. The van der Waals surface area contributed by atoms with Crippen LogP contribution in [0.1, 0.15) is 25.7 Å². The molecule has 10 heteroatoms. The summed E-state index contributed by atoms with van der Waals surface area (Å²) < 4.78 is 22.2. The lowest BCUT2D eigenvalue weighted by atomic mass is 10.0. The van der Waals surface area contributed by atoms with Crippen LogP contribution < -0.4 is 28.7 Å². The van der Waals surface area contributed by atoms with Gasteiger partial charge in [0.2, 0.25) is 11.9 Å². The Bertz CT molecular complexity index is 1790. The van der Waals surface area contributed by atoms with Gasteiger partial charge in [-0.1, -0.05) is 18.2 Å². The van der Waals surface area contributed by atoms with Crippen molar-refractivity contribution in [3.05, 3.63) is 72.8 Å². The van der Waals surface area contributed by atoms with E-state index >= 15 is 0 Å². The normalized spacial score (nSPS) is 14.3. The van der Waals surface area contributed by atoms with E-state index in [4.69, 9.17) is 38.9 Å². The summed E-state index contributed by atoms with van der Waals surface area (Å²) in [7, 11) is 6.57. The predicted octanol–water partition coefficient (Wildman–Crippen LogP) is 7.17. The lowest BCUT2D eigenvalue weighted by Gasteiger charge is -2.19. The van der Waals surface area contributed by atoms with E-state index in [1.807, 2.05) is 48.5 Å². The molecule has 0 aliphatic carbocycles. The largest absolute Gasteiger partial charge is 0.493 e. The van der Waals surface area contributed by atoms with Gasteiger partial charge in [0.05, 0.1) is 51.2 Å². The van der Waals surface area contributed by atoms with Crippen molar-refractivity contribution in [3.8, 4) is 68.0 Å². The smallest absolute Gasteiger partial charge is 0.226 e. The molecule has 2 aromatic heterocycles. The highest BCUT2D eigenvalue weighted by Gasteiger charge is 2.21. The fourth-order valence-corrected chi connectivity index (χ4v) is 6.41. The number of methoxy groups -OCH3 is 4. The van der Waals surface area contributed by atoms with Crippen LogP contribution >= 0.6 is 0 Å². The first-order valence-electron chi connectivity index (χ1n) is 16.4. The van der Waals surface area contributed by atoms with Gasteiger partial charge in [0.15, 0.2) is 23.0 Å². The Labute approximate surface area is 281 Å². The maximum Gasteiger partial charge on any atom is 0.226 e. The van der Waals surface area contributed by atoms with Crippen LogP contribution in [0, 0.1) is 0 Å². The Hall–Kier alpha value is -5.38. The van der Waals surface area contributed by atoms with E-state index < -0.39 is 0 Å². The Kier molecular flexibility index (Phi) is 8.96. The Morgan fingerprint density at radius 1 is 0.417 bits per heavy atom. The van der Waals surface area contributed by atoms with Crippen LogP contribution in [0.3, 0.4) is 0 Å². The molecular formula is C38H40N6O4. The third-order valence-electron chi connectivity index (χ3n) is 9.02. The van der Waals surface area contributed by atoms with Crippen LogP contribution in [-0.4, -0.2) is 74.6 Å². The molecule has 48 heavy (non-hydrogen) atoms. The second-order valence-corrected chi connectivity index (χ2v) is 12.0. The minimum atomic E-state index is 0.655. The number of anilines is 2. The van der Waals surface area contributed by atoms with Gasteiger partial charge in [-0.25, -0.2) is 19.9 Å². The van der Waals surface area contributed by atoms with Crippen LogP contribution in [-0.2, 0) is 0 Å². The van der Waals surface area contributed by atoms with E-state index in [-0.39, 0.29) is 0 Å². The molecule has 3 aromatic carbocycles. The standard InChI is InChI=1S/C38H40N6O4/c1-45-33-14-12-27(21-35(33)47-3)31-23-29(39-37(41-31)43-16-5-6-17-43)25-10-9-11-26(20-25)30-24-32(42-38(40-30)44-18-7-8-19-44)28-13-15-34(46-2)36(22-28)48-4/h9-15,20-24H,5-8,16-19H2,1-4H3. The van der Waals surface area contributed by atoms with Crippen molar-refractivity contribution in [1.29, 1.82) is 0 Å². The number of rotatable bonds is 10. The van der Waals surface area contributed by atoms with Gasteiger partial charge in [-0.2, -0.15) is 0 Å². The lowest BCUT2D eigenvalue weighted by molar-refractivity contribution is 0.355. The quantitative estimate of drug-likeness (QED) is 0.156. The zero-order valence-electron chi connectivity index (χ0n) is 27.9. The van der Waals surface area contributed by atoms with Crippen molar-refractivity contribution in [3.63, 3.8) is 0 Å². The van der Waals surface area contributed by atoms with Gasteiger partial charge >= 0.3 is 0 Å². The van der Waals surface area contributed by atoms with Gasteiger partial charge in [-0.05, 0) is 80.3 Å². The summed E-state index contributed by atoms with van der Waals surface area (Å²) in [6.45, 7) is 3.75. The third kappa shape index (κ3) is 6.30. The van der Waals surface area contributed by atoms with Gasteiger partial charge in [-0.3, -0.25) is 0 Å². The monoisotopic (exact) mass is 644 g/mol. The summed E-state index contributed by atoms with van der Waals surface area (Å²) in [5.74, 6) is 4.12. The first-order chi connectivity index (χ1) is 23.6. The van der Waals surface area contributed by atoms with Crippen molar-refractivity contribution < 1.29 is 18.9 Å². The average Bonchev–Trinajstić information content (AvgIpc) is 3.90. The molecule has 7 rings (SSSR count). The molecule has 0 atom stereocenters. The van der Waals surface area contributed by atoms with E-state index in [0.717, 1.165) is 109 Å². The summed E-state index contributed by atoms with van der Waals surface area (Å²) in [5, 5.41) is 0. The Balaban J connectivity index is 1.32. The molecule has 2 saturated heterocycles. The first-order valence-corrected chi connectivity index (χ1v) is 16.4. The summed E-state index contributed by atoms with van der Waals surface area (Å²) in [6.07, 6.45) is 4.52. The summed E-state index contributed by atoms with van der Waals surface area (Å²) >= 11 is 0. The number of nitrogens with zero attached hydrogens (tertiary/aromatic N) is 6. The molecule has 0 unspecified atom stereocenters. The Morgan fingerprint density at radius 3 is 1.12 bits per heavy atom. The molecule has 0 radical (unpaired) electrons. The first kappa shape index (κ1) is 31.2. The SMILES string of the molecule is COc1ccc(-c2cc(-c3cccc(-c4cc(-c5ccc(OC)c(OC)c5)nc(N5CCCC5)n4)c3)nc(N3CCCC3)n2)cc1OC. The molecule has 0 N–H and O–H groups in total. The maximum absolute atomic E-state index is 5.61. The van der Waals surface area contributed by atoms with Crippen molar-refractivity contribution in [2.24, 2.45) is 0 Å². The van der Waals surface area contributed by atoms with Crippen LogP contribution in [0.2, 0.25) is 0 Å². The molecule has 0 saturated carbocycles. The summed E-state index contributed by atoms with van der Waals surface area (Å²) in [5.41, 5.74) is 7.14. The number of ether oxygens (including phenoxy) is 4. The Morgan fingerprint density at radius 2 is 0.771 bits per heavy atom. The van der Waals surface area contributed by atoms with Crippen LogP contribution in [0.15, 0.2) is 72.8 Å². The predicted molar refractivity (Wildman–Crippen MR) is 188 cm³/mol. The van der Waals surface area contributed by atoms with E-state index in [2.05, 4.69) is 34.1 Å². The van der Waals surface area contributed by atoms with Crippen molar-refractivity contribution in [2.45, 2.75) is 25.7 Å². The van der Waals surface area contributed by atoms with E-state index in [1.165, 1.54) is 0 Å². The van der Waals surface area contributed by atoms with Crippen molar-refractivity contribution in [2.75, 3.05) is 64.4 Å². The number of benzene rings is 3. The van der Waals surface area contributed by atoms with Gasteiger partial charge in [0.1, 0.15) is 0 Å². The molecule has 10 nitrogen and oxygen atoms in total. The van der Waals surface area contributed by atoms with Crippen molar-refractivity contribution in [1.82, 2.24) is 19.9 Å². The summed E-state index contributed by atoms with van der Waals surface area (Å²) in [4.78, 5) is 24.8. The maximum atomic E-state index is 5.61. The molecule has 2 fully saturated rings. The minimum absolute atomic E-state index is 0.655. The van der Waals surface area contributed by atoms with Crippen LogP contribution in [0.25, 0.3) is 45.0 Å². The number of hydrogen-bond donors (Lipinski definition) is 0. The van der Waals surface area contributed by atoms with Crippen molar-refractivity contribution >= 4 is 11.9 Å². The van der Waals surface area contributed by atoms with E-state index in [0.29, 0.717) is 23.0 Å². The molecule has 246 valence electrons.